The molecule has 0 fully saturated rings. The first-order valence-electron chi connectivity index (χ1n) is 13.4. The lowest BCUT2D eigenvalue weighted by molar-refractivity contribution is 0.379. The van der Waals surface area contributed by atoms with Crippen LogP contribution in [0.2, 0.25) is 0 Å². The van der Waals surface area contributed by atoms with Gasteiger partial charge in [-0.15, -0.1) is 11.8 Å². The largest absolute Gasteiger partial charge is 0.103 e. The number of hydrogen-bond acceptors (Lipinski definition) is 0. The lowest BCUT2D eigenvalue weighted by Gasteiger charge is -2.15. The molecule has 0 N–H and O–H groups in total. The molecule has 1 unspecified atom stereocenters. The maximum absolute atomic E-state index is 3.92. The SMILES string of the molecule is [CH2]CCCC#CCCCCCC(CCC)CCCCCCCCCCCCC[CH2]. The molecule has 0 aromatic rings. The van der Waals surface area contributed by atoms with Crippen LogP contribution in [-0.4, -0.2) is 0 Å². The summed E-state index contributed by atoms with van der Waals surface area (Å²) in [6, 6.07) is 0. The number of rotatable bonds is 22. The first-order chi connectivity index (χ1) is 14.3. The molecule has 0 saturated heterocycles. The molecule has 0 aromatic heterocycles. The molecule has 0 heteroatoms. The fourth-order valence-corrected chi connectivity index (χ4v) is 4.26. The minimum Gasteiger partial charge on any atom is -0.103 e. The molecule has 0 rings (SSSR count). The molecule has 0 aliphatic rings. The van der Waals surface area contributed by atoms with Crippen molar-refractivity contribution >= 4 is 0 Å². The molecule has 1 atom stereocenters. The van der Waals surface area contributed by atoms with Gasteiger partial charge in [-0.05, 0) is 18.8 Å². The Balaban J connectivity index is 3.46. The van der Waals surface area contributed by atoms with Crippen LogP contribution >= 0.6 is 0 Å². The Labute approximate surface area is 186 Å². The zero-order valence-corrected chi connectivity index (χ0v) is 20.3. The van der Waals surface area contributed by atoms with Crippen molar-refractivity contribution in [2.45, 2.75) is 155 Å². The summed E-state index contributed by atoms with van der Waals surface area (Å²) in [7, 11) is 0. The molecule has 0 bridgehead atoms. The summed E-state index contributed by atoms with van der Waals surface area (Å²) in [6.07, 6.45) is 31.1. The quantitative estimate of drug-likeness (QED) is 0.125. The maximum atomic E-state index is 3.92. The molecular weight excluding hydrogens is 348 g/mol. The van der Waals surface area contributed by atoms with Gasteiger partial charge in [0.1, 0.15) is 0 Å². The van der Waals surface area contributed by atoms with Gasteiger partial charge in [-0.25, -0.2) is 0 Å². The van der Waals surface area contributed by atoms with E-state index in [-0.39, 0.29) is 0 Å². The van der Waals surface area contributed by atoms with E-state index in [4.69, 9.17) is 0 Å². The average molecular weight is 403 g/mol. The maximum Gasteiger partial charge on any atom is 0.00886 e. The highest BCUT2D eigenvalue weighted by molar-refractivity contribution is 4.98. The molecule has 0 aromatic carbocycles. The zero-order valence-electron chi connectivity index (χ0n) is 20.3. The van der Waals surface area contributed by atoms with Crippen LogP contribution in [0.3, 0.4) is 0 Å². The Morgan fingerprint density at radius 3 is 1.38 bits per heavy atom. The van der Waals surface area contributed by atoms with Crippen LogP contribution in [-0.2, 0) is 0 Å². The molecule has 2 radical (unpaired) electrons. The van der Waals surface area contributed by atoms with E-state index in [1.165, 1.54) is 116 Å². The monoisotopic (exact) mass is 402 g/mol. The molecular formula is C29H54. The standard InChI is InChI=1S/C29H54/c1-4-7-9-11-13-15-16-17-19-21-23-25-28-29(26-6-3)27-24-22-20-18-14-12-10-8-5-2/h29H,1-2,4-11,13,15-28H2,3H3. The summed E-state index contributed by atoms with van der Waals surface area (Å²) in [5, 5.41) is 0. The van der Waals surface area contributed by atoms with Gasteiger partial charge in [-0.3, -0.25) is 0 Å². The lowest BCUT2D eigenvalue weighted by atomic mass is 9.90. The molecule has 170 valence electrons. The molecule has 0 nitrogen and oxygen atoms in total. The molecule has 0 saturated carbocycles. The van der Waals surface area contributed by atoms with Crippen molar-refractivity contribution in [2.75, 3.05) is 0 Å². The number of unbranched alkanes of at least 4 members (excludes halogenated alkanes) is 16. The smallest absolute Gasteiger partial charge is 0.00886 e. The second-order valence-corrected chi connectivity index (χ2v) is 9.10. The summed E-state index contributed by atoms with van der Waals surface area (Å²) in [4.78, 5) is 0. The topological polar surface area (TPSA) is 0 Å². The van der Waals surface area contributed by atoms with E-state index in [0.29, 0.717) is 0 Å². The highest BCUT2D eigenvalue weighted by Crippen LogP contribution is 2.23. The van der Waals surface area contributed by atoms with Crippen molar-refractivity contribution in [3.63, 3.8) is 0 Å². The summed E-state index contributed by atoms with van der Waals surface area (Å²) in [6.45, 7) is 10.1. The molecule has 0 aliphatic carbocycles. The molecule has 0 heterocycles. The molecule has 29 heavy (non-hydrogen) atoms. The van der Waals surface area contributed by atoms with Crippen molar-refractivity contribution in [2.24, 2.45) is 5.92 Å². The van der Waals surface area contributed by atoms with E-state index < -0.39 is 0 Å². The minimum absolute atomic E-state index is 0.987. The lowest BCUT2D eigenvalue weighted by Crippen LogP contribution is -2.00. The van der Waals surface area contributed by atoms with Crippen LogP contribution < -0.4 is 0 Å². The van der Waals surface area contributed by atoms with Crippen LogP contribution in [0, 0.1) is 31.6 Å². The van der Waals surface area contributed by atoms with Crippen molar-refractivity contribution in [3.8, 4) is 11.8 Å². The van der Waals surface area contributed by atoms with Gasteiger partial charge in [0.25, 0.3) is 0 Å². The third-order valence-electron chi connectivity index (χ3n) is 6.15. The molecule has 0 spiro atoms. The van der Waals surface area contributed by atoms with Crippen molar-refractivity contribution < 1.29 is 0 Å². The van der Waals surface area contributed by atoms with E-state index in [2.05, 4.69) is 32.6 Å². The van der Waals surface area contributed by atoms with Crippen LogP contribution in [0.4, 0.5) is 0 Å². The molecule has 0 aliphatic heterocycles. The number of hydrogen-bond donors (Lipinski definition) is 0. The Morgan fingerprint density at radius 2 is 0.897 bits per heavy atom. The highest BCUT2D eigenvalue weighted by atomic mass is 14.1. The molecule has 0 amide bonds. The zero-order chi connectivity index (χ0) is 21.3. The summed E-state index contributed by atoms with van der Waals surface area (Å²) >= 11 is 0. The van der Waals surface area contributed by atoms with Crippen LogP contribution in [0.1, 0.15) is 155 Å². The first-order valence-corrected chi connectivity index (χ1v) is 13.4. The third-order valence-corrected chi connectivity index (χ3v) is 6.15. The minimum atomic E-state index is 0.987. The van der Waals surface area contributed by atoms with Crippen LogP contribution in [0.15, 0.2) is 0 Å². The van der Waals surface area contributed by atoms with Gasteiger partial charge in [-0.2, -0.15) is 0 Å². The Bertz CT molecular complexity index is 345. The van der Waals surface area contributed by atoms with Crippen LogP contribution in [0.5, 0.6) is 0 Å². The third kappa shape index (κ3) is 23.7. The normalized spacial score (nSPS) is 12.0. The second-order valence-electron chi connectivity index (χ2n) is 9.10. The first kappa shape index (κ1) is 28.6. The Morgan fingerprint density at radius 1 is 0.483 bits per heavy atom. The van der Waals surface area contributed by atoms with Crippen molar-refractivity contribution in [3.05, 3.63) is 13.8 Å². The van der Waals surface area contributed by atoms with Gasteiger partial charge in [0.05, 0.1) is 0 Å². The predicted molar refractivity (Wildman–Crippen MR) is 134 cm³/mol. The predicted octanol–water partition coefficient (Wildman–Crippen LogP) is 10.3. The van der Waals surface area contributed by atoms with Gasteiger partial charge in [0.2, 0.25) is 0 Å². The second kappa shape index (κ2) is 25.6. The average Bonchev–Trinajstić information content (AvgIpc) is 2.73. The summed E-state index contributed by atoms with van der Waals surface area (Å²) in [5.74, 6) is 7.60. The Hall–Kier alpha value is -0.440. The van der Waals surface area contributed by atoms with E-state index in [1.807, 2.05) is 0 Å². The van der Waals surface area contributed by atoms with Gasteiger partial charge >= 0.3 is 0 Å². The fourth-order valence-electron chi connectivity index (χ4n) is 4.26. The van der Waals surface area contributed by atoms with Crippen LogP contribution in [0.25, 0.3) is 0 Å². The van der Waals surface area contributed by atoms with Gasteiger partial charge in [0, 0.05) is 12.8 Å². The summed E-state index contributed by atoms with van der Waals surface area (Å²) in [5.41, 5.74) is 0. The summed E-state index contributed by atoms with van der Waals surface area (Å²) < 4.78 is 0. The Kier molecular flexibility index (Phi) is 25.2. The van der Waals surface area contributed by atoms with E-state index in [9.17, 15) is 0 Å². The van der Waals surface area contributed by atoms with E-state index in [0.717, 1.165) is 38.0 Å². The van der Waals surface area contributed by atoms with Crippen molar-refractivity contribution in [1.82, 2.24) is 0 Å². The van der Waals surface area contributed by atoms with Gasteiger partial charge < -0.3 is 0 Å². The fraction of sp³-hybridized carbons (Fsp3) is 0.862. The van der Waals surface area contributed by atoms with E-state index >= 15 is 0 Å². The highest BCUT2D eigenvalue weighted by Gasteiger charge is 2.07. The van der Waals surface area contributed by atoms with Gasteiger partial charge in [0.15, 0.2) is 0 Å². The van der Waals surface area contributed by atoms with E-state index in [1.54, 1.807) is 0 Å². The van der Waals surface area contributed by atoms with Gasteiger partial charge in [-0.1, -0.05) is 143 Å². The van der Waals surface area contributed by atoms with Crippen molar-refractivity contribution in [1.29, 1.82) is 0 Å².